The van der Waals surface area contributed by atoms with Crippen LogP contribution in [0.2, 0.25) is 5.02 Å². The minimum atomic E-state index is -4.51. The molecule has 1 atom stereocenters. The Balaban J connectivity index is 1.51. The van der Waals surface area contributed by atoms with Crippen LogP contribution in [-0.2, 0) is 14.8 Å². The molecule has 1 aliphatic rings. The molecule has 11 nitrogen and oxygen atoms in total. The highest BCUT2D eigenvalue weighted by Gasteiger charge is 2.31. The van der Waals surface area contributed by atoms with Gasteiger partial charge in [-0.2, -0.15) is 0 Å². The van der Waals surface area contributed by atoms with E-state index in [2.05, 4.69) is 40.0 Å². The normalized spacial score (nSPS) is 13.8. The van der Waals surface area contributed by atoms with E-state index in [0.717, 1.165) is 31.0 Å². The summed E-state index contributed by atoms with van der Waals surface area (Å²) in [5, 5.41) is 5.60. The molecule has 1 aliphatic carbocycles. The number of amides is 1. The number of methoxy groups -OCH3 is 1. The number of imidazole rings is 1. The van der Waals surface area contributed by atoms with Crippen molar-refractivity contribution in [3.8, 4) is 22.6 Å². The Hall–Kier alpha value is -4.30. The van der Waals surface area contributed by atoms with Gasteiger partial charge in [0.1, 0.15) is 22.2 Å². The van der Waals surface area contributed by atoms with Gasteiger partial charge in [0.25, 0.3) is 10.0 Å². The van der Waals surface area contributed by atoms with E-state index < -0.39 is 32.6 Å². The first-order chi connectivity index (χ1) is 20.0. The zero-order chi connectivity index (χ0) is 30.0. The maximum atomic E-state index is 16.1. The van der Waals surface area contributed by atoms with Gasteiger partial charge < -0.3 is 20.4 Å². The van der Waals surface area contributed by atoms with Gasteiger partial charge in [-0.05, 0) is 56.2 Å². The van der Waals surface area contributed by atoms with E-state index in [-0.39, 0.29) is 46.4 Å². The van der Waals surface area contributed by atoms with E-state index in [1.165, 1.54) is 31.5 Å². The lowest BCUT2D eigenvalue weighted by molar-refractivity contribution is 0.168. The molecule has 15 heteroatoms. The molecule has 1 amide bonds. The van der Waals surface area contributed by atoms with E-state index in [1.54, 1.807) is 13.0 Å². The first kappa shape index (κ1) is 29.2. The summed E-state index contributed by atoms with van der Waals surface area (Å²) in [7, 11) is -3.24. The van der Waals surface area contributed by atoms with Crippen molar-refractivity contribution in [3.05, 3.63) is 71.1 Å². The van der Waals surface area contributed by atoms with Crippen LogP contribution in [0.4, 0.5) is 25.2 Å². The number of aromatic amines is 1. The Labute approximate surface area is 245 Å². The Morgan fingerprint density at radius 2 is 1.98 bits per heavy atom. The topological polar surface area (TPSA) is 151 Å². The van der Waals surface area contributed by atoms with E-state index in [0.29, 0.717) is 17.2 Å². The van der Waals surface area contributed by atoms with Crippen molar-refractivity contribution in [2.45, 2.75) is 36.6 Å². The molecule has 220 valence electrons. The number of anilines is 2. The Bertz CT molecular complexity index is 1750. The summed E-state index contributed by atoms with van der Waals surface area (Å²) < 4.78 is 62.9. The smallest absolute Gasteiger partial charge is 0.407 e. The van der Waals surface area contributed by atoms with Crippen LogP contribution in [0, 0.1) is 11.6 Å². The predicted octanol–water partition coefficient (Wildman–Crippen LogP) is 5.30. The van der Waals surface area contributed by atoms with Crippen LogP contribution in [0.25, 0.3) is 22.6 Å². The van der Waals surface area contributed by atoms with Crippen LogP contribution in [0.5, 0.6) is 0 Å². The number of rotatable bonds is 10. The molecule has 0 radical (unpaired) electrons. The predicted molar refractivity (Wildman–Crippen MR) is 153 cm³/mol. The van der Waals surface area contributed by atoms with Crippen LogP contribution < -0.4 is 15.4 Å². The highest BCUT2D eigenvalue weighted by molar-refractivity contribution is 7.92. The van der Waals surface area contributed by atoms with Crippen LogP contribution in [-0.4, -0.2) is 54.1 Å². The van der Waals surface area contributed by atoms with Crippen LogP contribution >= 0.6 is 11.6 Å². The van der Waals surface area contributed by atoms with E-state index in [9.17, 15) is 17.6 Å². The monoisotopic (exact) mass is 617 g/mol. The fraction of sp³-hybridized carbons (Fsp3) is 0.259. The van der Waals surface area contributed by atoms with Crippen molar-refractivity contribution in [2.24, 2.45) is 0 Å². The van der Waals surface area contributed by atoms with Crippen molar-refractivity contribution < 1.29 is 26.7 Å². The number of hydrogen-bond donors (Lipinski definition) is 4. The summed E-state index contributed by atoms with van der Waals surface area (Å²) in [6.45, 7) is 2.05. The van der Waals surface area contributed by atoms with Gasteiger partial charge in [0.05, 0.1) is 24.2 Å². The summed E-state index contributed by atoms with van der Waals surface area (Å²) in [6, 6.07) is 8.34. The maximum Gasteiger partial charge on any atom is 0.407 e. The molecule has 4 N–H and O–H groups in total. The highest BCUT2D eigenvalue weighted by Crippen LogP contribution is 2.43. The van der Waals surface area contributed by atoms with Gasteiger partial charge in [0, 0.05) is 35.3 Å². The maximum absolute atomic E-state index is 16.1. The van der Waals surface area contributed by atoms with E-state index in [4.69, 9.17) is 11.6 Å². The number of sulfonamides is 1. The molecule has 1 saturated carbocycles. The molecule has 2 aromatic carbocycles. The quantitative estimate of drug-likeness (QED) is 0.187. The molecule has 4 aromatic rings. The van der Waals surface area contributed by atoms with Crippen LogP contribution in [0.15, 0.2) is 53.6 Å². The number of halogens is 3. The molecule has 0 aliphatic heterocycles. The lowest BCUT2D eigenvalue weighted by Crippen LogP contribution is -2.37. The van der Waals surface area contributed by atoms with E-state index >= 15 is 4.39 Å². The lowest BCUT2D eigenvalue weighted by atomic mass is 10.1. The Morgan fingerprint density at radius 1 is 1.19 bits per heavy atom. The number of H-pyrrole nitrogens is 1. The summed E-state index contributed by atoms with van der Waals surface area (Å²) in [5.41, 5.74) is 0.570. The summed E-state index contributed by atoms with van der Waals surface area (Å²) >= 11 is 6.30. The van der Waals surface area contributed by atoms with Gasteiger partial charge in [-0.25, -0.2) is 36.9 Å². The van der Waals surface area contributed by atoms with Gasteiger partial charge in [-0.15, -0.1) is 0 Å². The number of ether oxygens (including phenoxy) is 1. The van der Waals surface area contributed by atoms with Gasteiger partial charge in [0.15, 0.2) is 5.82 Å². The number of aromatic nitrogens is 4. The van der Waals surface area contributed by atoms with Crippen LogP contribution in [0.1, 0.15) is 31.5 Å². The zero-order valence-corrected chi connectivity index (χ0v) is 24.0. The third kappa shape index (κ3) is 6.60. The molecule has 5 rings (SSSR count). The average Bonchev–Trinajstić information content (AvgIpc) is 3.71. The van der Waals surface area contributed by atoms with Gasteiger partial charge in [-0.3, -0.25) is 4.72 Å². The first-order valence-electron chi connectivity index (χ1n) is 12.8. The highest BCUT2D eigenvalue weighted by atomic mass is 35.5. The molecule has 2 aromatic heterocycles. The zero-order valence-electron chi connectivity index (χ0n) is 22.4. The molecule has 0 unspecified atom stereocenters. The second-order valence-corrected chi connectivity index (χ2v) is 11.8. The standard InChI is InChI=1S/C27H26ClF2N7O4S/c1-14(33-27(38)41-2)13-32-26-31-9-8-20(34-26)24-23(35-25(36-24)15-6-7-15)19-10-16(28)11-21(22(19)30)42(39,40)37-18-5-3-4-17(29)12-18/h3-5,8-12,14-15,37H,6-7,13H2,1-2H3,(H,33,38)(H,35,36)(H,31,32,34)/t14-/m0/s1. The van der Waals surface area contributed by atoms with E-state index in [1.807, 2.05) is 0 Å². The number of carbonyl (C=O) groups excluding carboxylic acids is 1. The molecule has 0 bridgehead atoms. The third-order valence-electron chi connectivity index (χ3n) is 6.34. The number of hydrogen-bond acceptors (Lipinski definition) is 8. The second kappa shape index (κ2) is 11.9. The van der Waals surface area contributed by atoms with Crippen molar-refractivity contribution >= 4 is 39.4 Å². The van der Waals surface area contributed by atoms with Crippen molar-refractivity contribution in [1.82, 2.24) is 25.3 Å². The first-order valence-corrected chi connectivity index (χ1v) is 14.7. The average molecular weight is 618 g/mol. The van der Waals surface area contributed by atoms with Gasteiger partial charge in [-0.1, -0.05) is 17.7 Å². The Morgan fingerprint density at radius 3 is 2.69 bits per heavy atom. The van der Waals surface area contributed by atoms with Crippen molar-refractivity contribution in [1.29, 1.82) is 0 Å². The second-order valence-electron chi connectivity index (χ2n) is 9.68. The molecule has 0 spiro atoms. The largest absolute Gasteiger partial charge is 0.453 e. The molecule has 2 heterocycles. The van der Waals surface area contributed by atoms with Crippen molar-refractivity contribution in [3.63, 3.8) is 0 Å². The molecular weight excluding hydrogens is 592 g/mol. The van der Waals surface area contributed by atoms with Crippen LogP contribution in [0.3, 0.4) is 0 Å². The fourth-order valence-electron chi connectivity index (χ4n) is 4.15. The lowest BCUT2D eigenvalue weighted by Gasteiger charge is -2.14. The third-order valence-corrected chi connectivity index (χ3v) is 7.94. The van der Waals surface area contributed by atoms with Crippen molar-refractivity contribution in [2.75, 3.05) is 23.7 Å². The molecule has 1 fully saturated rings. The number of alkyl carbamates (subject to hydrolysis) is 1. The molecule has 0 saturated heterocycles. The SMILES string of the molecule is COC(=O)N[C@@H](C)CNc1nccc(-c2[nH]c(C3CC3)nc2-c2cc(Cl)cc(S(=O)(=O)Nc3cccc(F)c3)c2F)n1. The summed E-state index contributed by atoms with van der Waals surface area (Å²) in [6.07, 6.45) is 2.70. The number of nitrogens with zero attached hydrogens (tertiary/aromatic N) is 3. The molecular formula is C27H26ClF2N7O4S. The number of nitrogens with one attached hydrogen (secondary N) is 4. The Kier molecular flexibility index (Phi) is 8.27. The minimum absolute atomic E-state index is 0.0509. The molecule has 42 heavy (non-hydrogen) atoms. The summed E-state index contributed by atoms with van der Waals surface area (Å²) in [5.74, 6) is -0.778. The number of carbonyl (C=O) groups is 1. The van der Waals surface area contributed by atoms with Gasteiger partial charge in [0.2, 0.25) is 5.95 Å². The summed E-state index contributed by atoms with van der Waals surface area (Å²) in [4.78, 5) is 27.3. The fourth-order valence-corrected chi connectivity index (χ4v) is 5.61. The van der Waals surface area contributed by atoms with Gasteiger partial charge >= 0.3 is 6.09 Å². The minimum Gasteiger partial charge on any atom is -0.453 e. The number of benzene rings is 2.